The summed E-state index contributed by atoms with van der Waals surface area (Å²) in [5, 5.41) is 10.8. The minimum Gasteiger partial charge on any atom is -0.380 e. The second-order valence-corrected chi connectivity index (χ2v) is 6.11. The van der Waals surface area contributed by atoms with Crippen LogP contribution in [-0.4, -0.2) is 14.7 Å². The van der Waals surface area contributed by atoms with Crippen molar-refractivity contribution in [3.63, 3.8) is 0 Å². The first-order valence-electron chi connectivity index (χ1n) is 7.85. The normalized spacial score (nSPS) is 12.9. The van der Waals surface area contributed by atoms with Crippen LogP contribution in [0.2, 0.25) is 0 Å². The number of fused-ring (bicyclic) bond motifs is 1. The lowest BCUT2D eigenvalue weighted by molar-refractivity contribution is 0.204. The molecule has 0 saturated carbocycles. The number of aromatic nitrogens is 2. The smallest absolute Gasteiger partial charge is 0.143 e. The first kappa shape index (κ1) is 14.8. The molecular weight excluding hydrogens is 272 g/mol. The van der Waals surface area contributed by atoms with Gasteiger partial charge in [0.05, 0.1) is 11.0 Å². The van der Waals surface area contributed by atoms with Crippen LogP contribution in [0.1, 0.15) is 37.8 Å². The average molecular weight is 294 g/mol. The minimum absolute atomic E-state index is 0.614. The summed E-state index contributed by atoms with van der Waals surface area (Å²) in [6.45, 7) is 5.30. The molecule has 114 valence electrons. The minimum atomic E-state index is -0.694. The molecule has 1 N–H and O–H groups in total. The topological polar surface area (TPSA) is 38.0 Å². The molecule has 1 aromatic heterocycles. The predicted octanol–water partition coefficient (Wildman–Crippen LogP) is 4.16. The van der Waals surface area contributed by atoms with Crippen molar-refractivity contribution in [3.8, 4) is 0 Å². The molecule has 0 aliphatic heterocycles. The van der Waals surface area contributed by atoms with Gasteiger partial charge in [0, 0.05) is 6.54 Å². The van der Waals surface area contributed by atoms with Crippen molar-refractivity contribution in [2.45, 2.75) is 32.9 Å². The molecule has 2 aromatic carbocycles. The summed E-state index contributed by atoms with van der Waals surface area (Å²) in [6, 6.07) is 17.8. The second-order valence-electron chi connectivity index (χ2n) is 6.11. The maximum Gasteiger partial charge on any atom is 0.143 e. The van der Waals surface area contributed by atoms with E-state index in [1.807, 2.05) is 48.5 Å². The van der Waals surface area contributed by atoms with Crippen LogP contribution in [0, 0.1) is 5.92 Å². The van der Waals surface area contributed by atoms with E-state index >= 15 is 0 Å². The molecule has 1 heterocycles. The summed E-state index contributed by atoms with van der Waals surface area (Å²) in [4.78, 5) is 4.68. The Balaban J connectivity index is 2.05. The van der Waals surface area contributed by atoms with Crippen molar-refractivity contribution in [2.24, 2.45) is 5.92 Å². The van der Waals surface area contributed by atoms with E-state index in [2.05, 4.69) is 29.5 Å². The SMILES string of the molecule is CC(C)CCn1c([C@@H](O)c2ccccc2)nc2ccccc21. The number of para-hydroxylation sites is 2. The summed E-state index contributed by atoms with van der Waals surface area (Å²) >= 11 is 0. The van der Waals surface area contributed by atoms with Crippen molar-refractivity contribution in [3.05, 3.63) is 66.0 Å². The van der Waals surface area contributed by atoms with Gasteiger partial charge in [-0.15, -0.1) is 0 Å². The molecule has 0 amide bonds. The van der Waals surface area contributed by atoms with Gasteiger partial charge in [-0.05, 0) is 30.0 Å². The number of aliphatic hydroxyl groups excluding tert-OH is 1. The molecular formula is C19H22N2O. The van der Waals surface area contributed by atoms with Crippen molar-refractivity contribution in [2.75, 3.05) is 0 Å². The van der Waals surface area contributed by atoms with E-state index in [4.69, 9.17) is 0 Å². The fourth-order valence-electron chi connectivity index (χ4n) is 2.71. The first-order valence-corrected chi connectivity index (χ1v) is 7.85. The Hall–Kier alpha value is -2.13. The van der Waals surface area contributed by atoms with Crippen LogP contribution < -0.4 is 0 Å². The number of aryl methyl sites for hydroxylation is 1. The molecule has 22 heavy (non-hydrogen) atoms. The van der Waals surface area contributed by atoms with Gasteiger partial charge in [-0.25, -0.2) is 4.98 Å². The van der Waals surface area contributed by atoms with E-state index in [9.17, 15) is 5.11 Å². The van der Waals surface area contributed by atoms with Crippen LogP contribution >= 0.6 is 0 Å². The zero-order chi connectivity index (χ0) is 15.5. The third kappa shape index (κ3) is 2.90. The summed E-state index contributed by atoms with van der Waals surface area (Å²) in [7, 11) is 0. The van der Waals surface area contributed by atoms with Gasteiger partial charge in [0.25, 0.3) is 0 Å². The molecule has 0 aliphatic carbocycles. The third-order valence-corrected chi connectivity index (χ3v) is 3.97. The molecule has 3 aromatic rings. The van der Waals surface area contributed by atoms with Crippen LogP contribution in [0.4, 0.5) is 0 Å². The monoisotopic (exact) mass is 294 g/mol. The third-order valence-electron chi connectivity index (χ3n) is 3.97. The molecule has 0 aliphatic rings. The maximum atomic E-state index is 10.8. The Morgan fingerprint density at radius 1 is 1.00 bits per heavy atom. The highest BCUT2D eigenvalue weighted by molar-refractivity contribution is 5.76. The number of hydrogen-bond donors (Lipinski definition) is 1. The molecule has 0 spiro atoms. The number of nitrogens with zero attached hydrogens (tertiary/aromatic N) is 2. The molecule has 0 unspecified atom stereocenters. The lowest BCUT2D eigenvalue weighted by Gasteiger charge is -2.15. The van der Waals surface area contributed by atoms with E-state index < -0.39 is 6.10 Å². The Morgan fingerprint density at radius 2 is 1.68 bits per heavy atom. The molecule has 3 nitrogen and oxygen atoms in total. The number of rotatable bonds is 5. The zero-order valence-corrected chi connectivity index (χ0v) is 13.1. The van der Waals surface area contributed by atoms with Crippen molar-refractivity contribution in [1.29, 1.82) is 0 Å². The van der Waals surface area contributed by atoms with Crippen LogP contribution in [0.5, 0.6) is 0 Å². The summed E-state index contributed by atoms with van der Waals surface area (Å²) in [5.41, 5.74) is 2.91. The standard InChI is InChI=1S/C19H22N2O/c1-14(2)12-13-21-17-11-7-6-10-16(17)20-19(21)18(22)15-8-4-3-5-9-15/h3-11,14,18,22H,12-13H2,1-2H3/t18-/m0/s1. The van der Waals surface area contributed by atoms with Gasteiger partial charge in [0.1, 0.15) is 11.9 Å². The molecule has 0 fully saturated rings. The number of aliphatic hydroxyl groups is 1. The maximum absolute atomic E-state index is 10.8. The summed E-state index contributed by atoms with van der Waals surface area (Å²) < 4.78 is 2.16. The van der Waals surface area contributed by atoms with Gasteiger partial charge in [-0.1, -0.05) is 56.3 Å². The molecule has 3 rings (SSSR count). The lowest BCUT2D eigenvalue weighted by Crippen LogP contribution is -2.11. The first-order chi connectivity index (χ1) is 10.7. The zero-order valence-electron chi connectivity index (χ0n) is 13.1. The van der Waals surface area contributed by atoms with Gasteiger partial charge in [-0.2, -0.15) is 0 Å². The van der Waals surface area contributed by atoms with E-state index in [0.717, 1.165) is 35.4 Å². The molecule has 1 atom stereocenters. The van der Waals surface area contributed by atoms with E-state index in [0.29, 0.717) is 5.92 Å². The van der Waals surface area contributed by atoms with Gasteiger partial charge in [0.15, 0.2) is 0 Å². The van der Waals surface area contributed by atoms with Crippen LogP contribution in [0.3, 0.4) is 0 Å². The summed E-state index contributed by atoms with van der Waals surface area (Å²) in [5.74, 6) is 1.34. The Kier molecular flexibility index (Phi) is 4.25. The van der Waals surface area contributed by atoms with E-state index in [1.165, 1.54) is 0 Å². The lowest BCUT2D eigenvalue weighted by atomic mass is 10.1. The number of benzene rings is 2. The number of hydrogen-bond acceptors (Lipinski definition) is 2. The molecule has 3 heteroatoms. The van der Waals surface area contributed by atoms with Gasteiger partial charge in [-0.3, -0.25) is 0 Å². The Morgan fingerprint density at radius 3 is 2.41 bits per heavy atom. The predicted molar refractivity (Wildman–Crippen MR) is 89.7 cm³/mol. The average Bonchev–Trinajstić information content (AvgIpc) is 2.91. The highest BCUT2D eigenvalue weighted by Gasteiger charge is 2.19. The highest BCUT2D eigenvalue weighted by Crippen LogP contribution is 2.26. The van der Waals surface area contributed by atoms with Gasteiger partial charge < -0.3 is 9.67 Å². The Bertz CT molecular complexity index is 746. The van der Waals surface area contributed by atoms with Crippen LogP contribution in [-0.2, 0) is 6.54 Å². The molecule has 0 saturated heterocycles. The van der Waals surface area contributed by atoms with Gasteiger partial charge in [0.2, 0.25) is 0 Å². The second kappa shape index (κ2) is 6.32. The van der Waals surface area contributed by atoms with Crippen molar-refractivity contribution >= 4 is 11.0 Å². The van der Waals surface area contributed by atoms with E-state index in [-0.39, 0.29) is 0 Å². The highest BCUT2D eigenvalue weighted by atomic mass is 16.3. The fraction of sp³-hybridized carbons (Fsp3) is 0.316. The molecule has 0 bridgehead atoms. The van der Waals surface area contributed by atoms with E-state index in [1.54, 1.807) is 0 Å². The fourth-order valence-corrected chi connectivity index (χ4v) is 2.71. The number of imidazole rings is 1. The molecule has 0 radical (unpaired) electrons. The quantitative estimate of drug-likeness (QED) is 0.767. The Labute approximate surface area is 131 Å². The van der Waals surface area contributed by atoms with Crippen LogP contribution in [0.15, 0.2) is 54.6 Å². The summed E-state index contributed by atoms with van der Waals surface area (Å²) in [6.07, 6.45) is 0.371. The van der Waals surface area contributed by atoms with Crippen molar-refractivity contribution < 1.29 is 5.11 Å². The van der Waals surface area contributed by atoms with Crippen molar-refractivity contribution in [1.82, 2.24) is 9.55 Å². The van der Waals surface area contributed by atoms with Crippen LogP contribution in [0.25, 0.3) is 11.0 Å². The largest absolute Gasteiger partial charge is 0.380 e. The van der Waals surface area contributed by atoms with Gasteiger partial charge >= 0.3 is 0 Å².